The van der Waals surface area contributed by atoms with E-state index in [1.165, 1.54) is 26.0 Å². The number of fused-ring (bicyclic) bond motifs is 1. The first-order valence-corrected chi connectivity index (χ1v) is 9.66. The summed E-state index contributed by atoms with van der Waals surface area (Å²) in [4.78, 5) is 23.8. The molecule has 1 aromatic carbocycles. The van der Waals surface area contributed by atoms with Gasteiger partial charge in [0.05, 0.1) is 12.7 Å². The maximum Gasteiger partial charge on any atom is 0.337 e. The SMILES string of the molecule is COC(=O)c1ccc2c(c1)CCCC(C1=CC(C)(C)CCC1)=C2OC(C)=O. The van der Waals surface area contributed by atoms with Gasteiger partial charge in [0.1, 0.15) is 5.76 Å². The summed E-state index contributed by atoms with van der Waals surface area (Å²) in [6.07, 6.45) is 8.34. The van der Waals surface area contributed by atoms with Crippen molar-refractivity contribution in [2.75, 3.05) is 7.11 Å². The second kappa shape index (κ2) is 7.71. The third-order valence-corrected chi connectivity index (χ3v) is 5.38. The average Bonchev–Trinajstić information content (AvgIpc) is 2.79. The Balaban J connectivity index is 2.14. The molecule has 4 heteroatoms. The molecule has 0 unspecified atom stereocenters. The van der Waals surface area contributed by atoms with Crippen molar-refractivity contribution in [1.82, 2.24) is 0 Å². The molecule has 0 N–H and O–H groups in total. The first kappa shape index (κ1) is 19.4. The first-order valence-electron chi connectivity index (χ1n) is 9.66. The highest BCUT2D eigenvalue weighted by molar-refractivity contribution is 5.90. The van der Waals surface area contributed by atoms with Crippen LogP contribution in [0.4, 0.5) is 0 Å². The zero-order chi connectivity index (χ0) is 19.6. The van der Waals surface area contributed by atoms with E-state index in [9.17, 15) is 9.59 Å². The van der Waals surface area contributed by atoms with E-state index in [0.717, 1.165) is 48.8 Å². The van der Waals surface area contributed by atoms with Gasteiger partial charge in [-0.1, -0.05) is 26.0 Å². The summed E-state index contributed by atoms with van der Waals surface area (Å²) in [6, 6.07) is 5.50. The number of methoxy groups -OCH3 is 1. The molecule has 0 heterocycles. The molecule has 0 amide bonds. The number of aryl methyl sites for hydroxylation is 1. The molecule has 0 aliphatic heterocycles. The average molecular weight is 368 g/mol. The topological polar surface area (TPSA) is 52.6 Å². The van der Waals surface area contributed by atoms with Crippen molar-refractivity contribution in [2.24, 2.45) is 5.41 Å². The number of benzene rings is 1. The Bertz CT molecular complexity index is 827. The molecule has 0 saturated heterocycles. The van der Waals surface area contributed by atoms with Crippen LogP contribution in [-0.2, 0) is 20.7 Å². The van der Waals surface area contributed by atoms with Crippen LogP contribution in [0, 0.1) is 5.41 Å². The van der Waals surface area contributed by atoms with Gasteiger partial charge in [-0.3, -0.25) is 4.79 Å². The number of rotatable bonds is 3. The number of ether oxygens (including phenoxy) is 2. The van der Waals surface area contributed by atoms with Crippen molar-refractivity contribution in [1.29, 1.82) is 0 Å². The summed E-state index contributed by atoms with van der Waals surface area (Å²) >= 11 is 0. The van der Waals surface area contributed by atoms with E-state index < -0.39 is 0 Å². The Labute approximate surface area is 161 Å². The minimum absolute atomic E-state index is 0.159. The summed E-state index contributed by atoms with van der Waals surface area (Å²) in [5.41, 5.74) is 5.07. The molecule has 0 bridgehead atoms. The van der Waals surface area contributed by atoms with Gasteiger partial charge >= 0.3 is 11.9 Å². The van der Waals surface area contributed by atoms with E-state index in [2.05, 4.69) is 19.9 Å². The number of carbonyl (C=O) groups excluding carboxylic acids is 2. The molecule has 0 spiro atoms. The second-order valence-electron chi connectivity index (χ2n) is 8.13. The molecule has 0 atom stereocenters. The van der Waals surface area contributed by atoms with Crippen molar-refractivity contribution in [3.8, 4) is 0 Å². The van der Waals surface area contributed by atoms with Gasteiger partial charge in [-0.15, -0.1) is 0 Å². The van der Waals surface area contributed by atoms with Gasteiger partial charge in [0.25, 0.3) is 0 Å². The number of esters is 2. The Kier molecular flexibility index (Phi) is 5.54. The van der Waals surface area contributed by atoms with E-state index in [4.69, 9.17) is 9.47 Å². The molecular weight excluding hydrogens is 340 g/mol. The fourth-order valence-electron chi connectivity index (χ4n) is 4.15. The maximum atomic E-state index is 11.9. The summed E-state index contributed by atoms with van der Waals surface area (Å²) in [5, 5.41) is 0. The van der Waals surface area contributed by atoms with Crippen LogP contribution in [-0.4, -0.2) is 19.0 Å². The zero-order valence-electron chi connectivity index (χ0n) is 16.7. The molecule has 27 heavy (non-hydrogen) atoms. The van der Waals surface area contributed by atoms with E-state index in [1.807, 2.05) is 12.1 Å². The molecule has 0 saturated carbocycles. The predicted octanol–water partition coefficient (Wildman–Crippen LogP) is 5.22. The lowest BCUT2D eigenvalue weighted by atomic mass is 9.77. The zero-order valence-corrected chi connectivity index (χ0v) is 16.7. The van der Waals surface area contributed by atoms with Gasteiger partial charge in [0.2, 0.25) is 0 Å². The fraction of sp³-hybridized carbons (Fsp3) is 0.478. The highest BCUT2D eigenvalue weighted by atomic mass is 16.5. The lowest BCUT2D eigenvalue weighted by molar-refractivity contribution is -0.134. The highest BCUT2D eigenvalue weighted by Crippen LogP contribution is 2.42. The summed E-state index contributed by atoms with van der Waals surface area (Å²) in [6.45, 7) is 5.95. The molecule has 2 aliphatic rings. The van der Waals surface area contributed by atoms with Crippen molar-refractivity contribution in [3.05, 3.63) is 52.1 Å². The molecule has 144 valence electrons. The van der Waals surface area contributed by atoms with Crippen LogP contribution in [0.5, 0.6) is 0 Å². The number of hydrogen-bond donors (Lipinski definition) is 0. The van der Waals surface area contributed by atoms with Gasteiger partial charge in [-0.25, -0.2) is 4.79 Å². The number of carbonyl (C=O) groups is 2. The lowest BCUT2D eigenvalue weighted by Crippen LogP contribution is -2.15. The largest absolute Gasteiger partial charge is 0.465 e. The summed E-state index contributed by atoms with van der Waals surface area (Å²) < 4.78 is 10.6. The standard InChI is InChI=1S/C23H28O4/c1-15(24)27-21-19(18-8-6-12-23(2,3)14-18)9-5-7-16-13-17(22(25)26-4)10-11-20(16)21/h10-11,13-14H,5-9,12H2,1-4H3. The van der Waals surface area contributed by atoms with Gasteiger partial charge in [0, 0.05) is 12.5 Å². The van der Waals surface area contributed by atoms with Crippen LogP contribution >= 0.6 is 0 Å². The normalized spacial score (nSPS) is 18.9. The first-order chi connectivity index (χ1) is 12.8. The molecule has 0 aromatic heterocycles. The smallest absolute Gasteiger partial charge is 0.337 e. The third-order valence-electron chi connectivity index (χ3n) is 5.38. The van der Waals surface area contributed by atoms with E-state index in [1.54, 1.807) is 6.07 Å². The Morgan fingerprint density at radius 1 is 1.07 bits per heavy atom. The molecule has 1 aromatic rings. The molecule has 0 fully saturated rings. The molecule has 3 rings (SSSR count). The van der Waals surface area contributed by atoms with Crippen LogP contribution in [0.1, 0.15) is 74.4 Å². The van der Waals surface area contributed by atoms with Crippen molar-refractivity contribution < 1.29 is 19.1 Å². The quantitative estimate of drug-likeness (QED) is 0.686. The van der Waals surface area contributed by atoms with Gasteiger partial charge in [-0.05, 0) is 72.8 Å². The monoisotopic (exact) mass is 368 g/mol. The fourth-order valence-corrected chi connectivity index (χ4v) is 4.15. The minimum Gasteiger partial charge on any atom is -0.465 e. The third kappa shape index (κ3) is 4.32. The Morgan fingerprint density at radius 2 is 1.85 bits per heavy atom. The summed E-state index contributed by atoms with van der Waals surface area (Å²) in [7, 11) is 1.38. The van der Waals surface area contributed by atoms with Crippen molar-refractivity contribution in [2.45, 2.75) is 59.3 Å². The van der Waals surface area contributed by atoms with E-state index in [-0.39, 0.29) is 17.4 Å². The van der Waals surface area contributed by atoms with Gasteiger partial charge < -0.3 is 9.47 Å². The molecule has 2 aliphatic carbocycles. The lowest BCUT2D eigenvalue weighted by Gasteiger charge is -2.29. The van der Waals surface area contributed by atoms with E-state index >= 15 is 0 Å². The Hall–Kier alpha value is -2.36. The predicted molar refractivity (Wildman–Crippen MR) is 105 cm³/mol. The number of hydrogen-bond acceptors (Lipinski definition) is 4. The highest BCUT2D eigenvalue weighted by Gasteiger charge is 2.27. The van der Waals surface area contributed by atoms with Gasteiger partial charge in [0.15, 0.2) is 0 Å². The molecule has 4 nitrogen and oxygen atoms in total. The number of allylic oxidation sites excluding steroid dienone is 3. The van der Waals surface area contributed by atoms with Crippen LogP contribution in [0.25, 0.3) is 5.76 Å². The van der Waals surface area contributed by atoms with Crippen LogP contribution in [0.15, 0.2) is 35.4 Å². The second-order valence-corrected chi connectivity index (χ2v) is 8.13. The molecule has 0 radical (unpaired) electrons. The van der Waals surface area contributed by atoms with Crippen LogP contribution < -0.4 is 0 Å². The minimum atomic E-state index is -0.350. The van der Waals surface area contributed by atoms with Crippen LogP contribution in [0.3, 0.4) is 0 Å². The van der Waals surface area contributed by atoms with Crippen LogP contribution in [0.2, 0.25) is 0 Å². The van der Waals surface area contributed by atoms with Crippen molar-refractivity contribution in [3.63, 3.8) is 0 Å². The van der Waals surface area contributed by atoms with Crippen molar-refractivity contribution >= 4 is 17.7 Å². The molecular formula is C23H28O4. The van der Waals surface area contributed by atoms with E-state index in [0.29, 0.717) is 11.3 Å². The van der Waals surface area contributed by atoms with Gasteiger partial charge in [-0.2, -0.15) is 0 Å². The maximum absolute atomic E-state index is 11.9. The Morgan fingerprint density at radius 3 is 2.52 bits per heavy atom. The summed E-state index contributed by atoms with van der Waals surface area (Å²) in [5.74, 6) is -0.00421.